The number of esters is 1. The largest absolute Gasteiger partial charge is 0.427 e. The fraction of sp³-hybridized carbons (Fsp3) is 0.529. The van der Waals surface area contributed by atoms with Crippen molar-refractivity contribution in [3.63, 3.8) is 0 Å². The minimum absolute atomic E-state index is 0.0450. The van der Waals surface area contributed by atoms with Crippen molar-refractivity contribution in [2.45, 2.75) is 45.4 Å². The van der Waals surface area contributed by atoms with Crippen LogP contribution in [-0.2, 0) is 9.59 Å². The van der Waals surface area contributed by atoms with E-state index in [1.165, 1.54) is 13.3 Å². The highest BCUT2D eigenvalue weighted by molar-refractivity contribution is 5.74. The van der Waals surface area contributed by atoms with Gasteiger partial charge in [-0.15, -0.1) is 0 Å². The Kier molecular flexibility index (Phi) is 5.37. The summed E-state index contributed by atoms with van der Waals surface area (Å²) in [6.45, 7) is 2.07. The Morgan fingerprint density at radius 1 is 1.14 bits per heavy atom. The van der Waals surface area contributed by atoms with Crippen LogP contribution in [0.5, 0.6) is 5.75 Å². The van der Waals surface area contributed by atoms with E-state index in [-0.39, 0.29) is 17.3 Å². The van der Waals surface area contributed by atoms with Gasteiger partial charge in [0.1, 0.15) is 5.75 Å². The van der Waals surface area contributed by atoms with Crippen molar-refractivity contribution in [1.82, 2.24) is 5.32 Å². The molecular formula is C17H23NO3. The van der Waals surface area contributed by atoms with Crippen molar-refractivity contribution in [3.05, 3.63) is 30.3 Å². The molecule has 1 amide bonds. The first-order chi connectivity index (χ1) is 10.1. The molecule has 1 aromatic rings. The SMILES string of the molecule is CC(=O)NCC1(CC(=O)Oc2ccccc2)CCCCC1. The summed E-state index contributed by atoms with van der Waals surface area (Å²) < 4.78 is 5.40. The fourth-order valence-corrected chi connectivity index (χ4v) is 2.99. The van der Waals surface area contributed by atoms with Crippen molar-refractivity contribution in [2.24, 2.45) is 5.41 Å². The molecule has 1 N–H and O–H groups in total. The van der Waals surface area contributed by atoms with Crippen LogP contribution in [-0.4, -0.2) is 18.4 Å². The van der Waals surface area contributed by atoms with Crippen molar-refractivity contribution in [1.29, 1.82) is 0 Å². The van der Waals surface area contributed by atoms with Crippen molar-refractivity contribution in [3.8, 4) is 5.75 Å². The molecule has 114 valence electrons. The Labute approximate surface area is 125 Å². The van der Waals surface area contributed by atoms with Gasteiger partial charge in [0.25, 0.3) is 0 Å². The predicted molar refractivity (Wildman–Crippen MR) is 80.9 cm³/mol. The second-order valence-electron chi connectivity index (χ2n) is 5.93. The zero-order chi connectivity index (χ0) is 15.1. The first-order valence-corrected chi connectivity index (χ1v) is 7.60. The maximum atomic E-state index is 12.2. The van der Waals surface area contributed by atoms with Gasteiger partial charge in [-0.1, -0.05) is 37.5 Å². The molecule has 1 aromatic carbocycles. The number of hydrogen-bond acceptors (Lipinski definition) is 3. The Bertz CT molecular complexity index is 478. The van der Waals surface area contributed by atoms with Crippen LogP contribution >= 0.6 is 0 Å². The van der Waals surface area contributed by atoms with Crippen molar-refractivity contribution < 1.29 is 14.3 Å². The summed E-state index contributed by atoms with van der Waals surface area (Å²) in [5.41, 5.74) is -0.143. The maximum Gasteiger partial charge on any atom is 0.311 e. The molecule has 0 unspecified atom stereocenters. The lowest BCUT2D eigenvalue weighted by molar-refractivity contribution is -0.138. The molecule has 0 atom stereocenters. The van der Waals surface area contributed by atoms with Gasteiger partial charge >= 0.3 is 5.97 Å². The van der Waals surface area contributed by atoms with Gasteiger partial charge in [0.2, 0.25) is 5.91 Å². The molecule has 0 spiro atoms. The molecular weight excluding hydrogens is 266 g/mol. The zero-order valence-electron chi connectivity index (χ0n) is 12.6. The van der Waals surface area contributed by atoms with Crippen LogP contribution in [0.15, 0.2) is 30.3 Å². The lowest BCUT2D eigenvalue weighted by atomic mass is 9.71. The number of rotatable bonds is 5. The molecule has 0 aliphatic heterocycles. The van der Waals surface area contributed by atoms with E-state index in [4.69, 9.17) is 4.74 Å². The zero-order valence-corrected chi connectivity index (χ0v) is 12.6. The molecule has 1 aliphatic carbocycles. The molecule has 0 radical (unpaired) electrons. The van der Waals surface area contributed by atoms with E-state index in [9.17, 15) is 9.59 Å². The normalized spacial score (nSPS) is 17.0. The summed E-state index contributed by atoms with van der Waals surface area (Å²) in [6, 6.07) is 9.13. The minimum atomic E-state index is -0.214. The summed E-state index contributed by atoms with van der Waals surface area (Å²) in [4.78, 5) is 23.4. The third kappa shape index (κ3) is 4.88. The number of nitrogens with one attached hydrogen (secondary N) is 1. The smallest absolute Gasteiger partial charge is 0.311 e. The van der Waals surface area contributed by atoms with Crippen LogP contribution in [0.2, 0.25) is 0 Å². The third-order valence-electron chi connectivity index (χ3n) is 4.12. The number of carbonyl (C=O) groups excluding carboxylic acids is 2. The molecule has 2 rings (SSSR count). The monoisotopic (exact) mass is 289 g/mol. The molecule has 4 nitrogen and oxygen atoms in total. The van der Waals surface area contributed by atoms with E-state index in [1.807, 2.05) is 18.2 Å². The second-order valence-corrected chi connectivity index (χ2v) is 5.93. The van der Waals surface area contributed by atoms with Gasteiger partial charge in [0.05, 0.1) is 6.42 Å². The van der Waals surface area contributed by atoms with E-state index in [0.29, 0.717) is 18.7 Å². The molecule has 1 saturated carbocycles. The van der Waals surface area contributed by atoms with E-state index in [1.54, 1.807) is 12.1 Å². The molecule has 4 heteroatoms. The Morgan fingerprint density at radius 3 is 2.43 bits per heavy atom. The highest BCUT2D eigenvalue weighted by atomic mass is 16.5. The fourth-order valence-electron chi connectivity index (χ4n) is 2.99. The third-order valence-corrected chi connectivity index (χ3v) is 4.12. The Balaban J connectivity index is 1.97. The van der Waals surface area contributed by atoms with Crippen LogP contribution in [0.1, 0.15) is 45.4 Å². The highest BCUT2D eigenvalue weighted by Crippen LogP contribution is 2.39. The predicted octanol–water partition coefficient (Wildman–Crippen LogP) is 3.07. The number of benzene rings is 1. The van der Waals surface area contributed by atoms with Gasteiger partial charge in [-0.25, -0.2) is 0 Å². The van der Waals surface area contributed by atoms with E-state index in [2.05, 4.69) is 5.32 Å². The maximum absolute atomic E-state index is 12.2. The van der Waals surface area contributed by atoms with Gasteiger partial charge in [0.15, 0.2) is 0 Å². The van der Waals surface area contributed by atoms with Gasteiger partial charge in [-0.3, -0.25) is 9.59 Å². The van der Waals surface area contributed by atoms with Gasteiger partial charge in [-0.05, 0) is 30.4 Å². The van der Waals surface area contributed by atoms with Crippen LogP contribution in [0.25, 0.3) is 0 Å². The first kappa shape index (κ1) is 15.5. The number of ether oxygens (including phenoxy) is 1. The highest BCUT2D eigenvalue weighted by Gasteiger charge is 2.35. The summed E-state index contributed by atoms with van der Waals surface area (Å²) in [5.74, 6) is 0.317. The number of carbonyl (C=O) groups is 2. The van der Waals surface area contributed by atoms with Gasteiger partial charge < -0.3 is 10.1 Å². The van der Waals surface area contributed by atoms with Crippen LogP contribution in [0, 0.1) is 5.41 Å². The van der Waals surface area contributed by atoms with Crippen molar-refractivity contribution in [2.75, 3.05) is 6.54 Å². The number of amides is 1. The van der Waals surface area contributed by atoms with E-state index in [0.717, 1.165) is 25.7 Å². The molecule has 0 bridgehead atoms. The number of para-hydroxylation sites is 1. The molecule has 1 aliphatic rings. The van der Waals surface area contributed by atoms with E-state index >= 15 is 0 Å². The summed E-state index contributed by atoms with van der Waals surface area (Å²) in [6.07, 6.45) is 5.72. The lowest BCUT2D eigenvalue weighted by Crippen LogP contribution is -2.40. The topological polar surface area (TPSA) is 55.4 Å². The Hall–Kier alpha value is -1.84. The number of hydrogen-bond donors (Lipinski definition) is 1. The summed E-state index contributed by atoms with van der Waals surface area (Å²) >= 11 is 0. The van der Waals surface area contributed by atoms with Crippen molar-refractivity contribution >= 4 is 11.9 Å². The molecule has 0 aromatic heterocycles. The Morgan fingerprint density at radius 2 is 1.81 bits per heavy atom. The van der Waals surface area contributed by atoms with Crippen LogP contribution in [0.4, 0.5) is 0 Å². The molecule has 0 heterocycles. The van der Waals surface area contributed by atoms with Gasteiger partial charge in [-0.2, -0.15) is 0 Å². The quantitative estimate of drug-likeness (QED) is 0.669. The average Bonchev–Trinajstić information content (AvgIpc) is 2.47. The summed E-state index contributed by atoms with van der Waals surface area (Å²) in [5, 5.41) is 2.88. The van der Waals surface area contributed by atoms with Gasteiger partial charge in [0, 0.05) is 13.5 Å². The minimum Gasteiger partial charge on any atom is -0.427 e. The molecule has 1 fully saturated rings. The standard InChI is InChI=1S/C17H23NO3/c1-14(19)18-13-17(10-6-3-7-11-17)12-16(20)21-15-8-4-2-5-9-15/h2,4-5,8-9H,3,6-7,10-13H2,1H3,(H,18,19). The summed E-state index contributed by atoms with van der Waals surface area (Å²) in [7, 11) is 0. The molecule has 21 heavy (non-hydrogen) atoms. The lowest BCUT2D eigenvalue weighted by Gasteiger charge is -2.36. The second kappa shape index (κ2) is 7.25. The molecule has 0 saturated heterocycles. The van der Waals surface area contributed by atoms with Crippen LogP contribution < -0.4 is 10.1 Å². The first-order valence-electron chi connectivity index (χ1n) is 7.60. The van der Waals surface area contributed by atoms with Crippen LogP contribution in [0.3, 0.4) is 0 Å². The van der Waals surface area contributed by atoms with E-state index < -0.39 is 0 Å². The average molecular weight is 289 g/mol.